The smallest absolute Gasteiger partial charge is 0.0328 e. The molecule has 1 aliphatic carbocycles. The van der Waals surface area contributed by atoms with Crippen LogP contribution >= 0.6 is 0 Å². The Morgan fingerprint density at radius 1 is 1.16 bits per heavy atom. The first-order chi connectivity index (χ1) is 8.65. The fourth-order valence-electron chi connectivity index (χ4n) is 3.73. The van der Waals surface area contributed by atoms with Crippen LogP contribution in [0.15, 0.2) is 0 Å². The van der Waals surface area contributed by atoms with Crippen LogP contribution in [-0.4, -0.2) is 0 Å². The third-order valence-corrected chi connectivity index (χ3v) is 5.74. The summed E-state index contributed by atoms with van der Waals surface area (Å²) < 4.78 is 0. The summed E-state index contributed by atoms with van der Waals surface area (Å²) in [6.45, 7) is 17.0. The van der Waals surface area contributed by atoms with Crippen molar-refractivity contribution in [3.63, 3.8) is 0 Å². The third-order valence-electron chi connectivity index (χ3n) is 5.74. The van der Waals surface area contributed by atoms with Gasteiger partial charge in [-0.3, -0.25) is 0 Å². The minimum absolute atomic E-state index is 0.506. The van der Waals surface area contributed by atoms with Gasteiger partial charge in [-0.1, -0.05) is 61.3 Å². The molecule has 0 aromatic carbocycles. The number of hydrogen-bond acceptors (Lipinski definition) is 0. The molecule has 0 aliphatic heterocycles. The molecule has 0 amide bonds. The monoisotopic (exact) mass is 266 g/mol. The molecule has 3 unspecified atom stereocenters. The Morgan fingerprint density at radius 3 is 2.26 bits per heavy atom. The standard InChI is InChI=1S/C19H38/c1-8-9-16(10-12-18(3,4)5)17-11-13-19(6,7)15(2)14-17/h15-17H,8-14H2,1-7H3. The van der Waals surface area contributed by atoms with E-state index in [9.17, 15) is 0 Å². The SMILES string of the molecule is CCCC(CCC(C)(C)C)C1CCC(C)(C)C(C)C1. The maximum absolute atomic E-state index is 2.49. The van der Waals surface area contributed by atoms with Gasteiger partial charge < -0.3 is 0 Å². The van der Waals surface area contributed by atoms with E-state index in [-0.39, 0.29) is 0 Å². The Balaban J connectivity index is 2.57. The minimum Gasteiger partial charge on any atom is -0.0654 e. The molecule has 0 saturated heterocycles. The molecule has 3 atom stereocenters. The van der Waals surface area contributed by atoms with Crippen molar-refractivity contribution in [1.82, 2.24) is 0 Å². The highest BCUT2D eigenvalue weighted by atomic mass is 14.4. The van der Waals surface area contributed by atoms with Crippen LogP contribution in [-0.2, 0) is 0 Å². The van der Waals surface area contributed by atoms with E-state index in [2.05, 4.69) is 48.5 Å². The van der Waals surface area contributed by atoms with Gasteiger partial charge in [-0.15, -0.1) is 0 Å². The zero-order chi connectivity index (χ0) is 14.7. The van der Waals surface area contributed by atoms with Crippen LogP contribution < -0.4 is 0 Å². The summed E-state index contributed by atoms with van der Waals surface area (Å²) >= 11 is 0. The fraction of sp³-hybridized carbons (Fsp3) is 1.00. The molecule has 19 heavy (non-hydrogen) atoms. The van der Waals surface area contributed by atoms with Crippen molar-refractivity contribution in [3.05, 3.63) is 0 Å². The quantitative estimate of drug-likeness (QED) is 0.520. The summed E-state index contributed by atoms with van der Waals surface area (Å²) in [6, 6.07) is 0. The van der Waals surface area contributed by atoms with Gasteiger partial charge in [0.05, 0.1) is 0 Å². The van der Waals surface area contributed by atoms with Gasteiger partial charge in [-0.2, -0.15) is 0 Å². The van der Waals surface area contributed by atoms with E-state index in [1.54, 1.807) is 0 Å². The molecule has 1 saturated carbocycles. The van der Waals surface area contributed by atoms with Gasteiger partial charge in [0.1, 0.15) is 0 Å². The van der Waals surface area contributed by atoms with Gasteiger partial charge in [-0.05, 0) is 60.7 Å². The van der Waals surface area contributed by atoms with Gasteiger partial charge >= 0.3 is 0 Å². The van der Waals surface area contributed by atoms with Crippen LogP contribution in [0.4, 0.5) is 0 Å². The molecular weight excluding hydrogens is 228 g/mol. The second-order valence-corrected chi connectivity index (χ2v) is 9.07. The van der Waals surface area contributed by atoms with Crippen LogP contribution in [0.3, 0.4) is 0 Å². The minimum atomic E-state index is 0.506. The summed E-state index contributed by atoms with van der Waals surface area (Å²) in [4.78, 5) is 0. The topological polar surface area (TPSA) is 0 Å². The van der Waals surface area contributed by atoms with E-state index in [1.807, 2.05) is 0 Å². The van der Waals surface area contributed by atoms with E-state index in [0.717, 1.165) is 17.8 Å². The van der Waals surface area contributed by atoms with Crippen molar-refractivity contribution in [2.75, 3.05) is 0 Å². The van der Waals surface area contributed by atoms with Gasteiger partial charge in [-0.25, -0.2) is 0 Å². The first-order valence-corrected chi connectivity index (χ1v) is 8.65. The molecule has 0 heteroatoms. The molecular formula is C19H38. The molecule has 0 aromatic heterocycles. The molecule has 0 radical (unpaired) electrons. The van der Waals surface area contributed by atoms with Gasteiger partial charge in [0.25, 0.3) is 0 Å². The van der Waals surface area contributed by atoms with Crippen molar-refractivity contribution in [1.29, 1.82) is 0 Å². The van der Waals surface area contributed by atoms with Crippen LogP contribution in [0.2, 0.25) is 0 Å². The lowest BCUT2D eigenvalue weighted by molar-refractivity contribution is 0.0735. The highest BCUT2D eigenvalue weighted by Gasteiger charge is 2.36. The van der Waals surface area contributed by atoms with Crippen LogP contribution in [0, 0.1) is 28.6 Å². The molecule has 0 spiro atoms. The number of rotatable bonds is 5. The molecule has 1 fully saturated rings. The van der Waals surface area contributed by atoms with Crippen LogP contribution in [0.25, 0.3) is 0 Å². The summed E-state index contributed by atoms with van der Waals surface area (Å²) in [5.41, 5.74) is 1.09. The predicted octanol–water partition coefficient (Wildman–Crippen LogP) is 6.69. The van der Waals surface area contributed by atoms with Gasteiger partial charge in [0.15, 0.2) is 0 Å². The van der Waals surface area contributed by atoms with E-state index >= 15 is 0 Å². The fourth-order valence-corrected chi connectivity index (χ4v) is 3.73. The lowest BCUT2D eigenvalue weighted by Crippen LogP contribution is -2.33. The Morgan fingerprint density at radius 2 is 1.79 bits per heavy atom. The average Bonchev–Trinajstić information content (AvgIpc) is 2.27. The molecule has 0 nitrogen and oxygen atoms in total. The first kappa shape index (κ1) is 17.1. The lowest BCUT2D eigenvalue weighted by Gasteiger charge is -2.43. The molecule has 0 N–H and O–H groups in total. The highest BCUT2D eigenvalue weighted by Crippen LogP contribution is 2.47. The molecule has 114 valence electrons. The van der Waals surface area contributed by atoms with Gasteiger partial charge in [0, 0.05) is 0 Å². The zero-order valence-electron chi connectivity index (χ0n) is 14.7. The molecule has 1 aliphatic rings. The third kappa shape index (κ3) is 5.48. The molecule has 0 aromatic rings. The maximum Gasteiger partial charge on any atom is -0.0328 e. The lowest BCUT2D eigenvalue weighted by atomic mass is 9.62. The van der Waals surface area contributed by atoms with Crippen molar-refractivity contribution in [2.24, 2.45) is 28.6 Å². The van der Waals surface area contributed by atoms with E-state index in [4.69, 9.17) is 0 Å². The van der Waals surface area contributed by atoms with Crippen molar-refractivity contribution < 1.29 is 0 Å². The maximum atomic E-state index is 2.49. The second-order valence-electron chi connectivity index (χ2n) is 9.07. The van der Waals surface area contributed by atoms with E-state index in [0.29, 0.717) is 10.8 Å². The Hall–Kier alpha value is 0. The summed E-state index contributed by atoms with van der Waals surface area (Å²) in [5.74, 6) is 2.90. The highest BCUT2D eigenvalue weighted by molar-refractivity contribution is 4.87. The Bertz CT molecular complexity index is 256. The van der Waals surface area contributed by atoms with Crippen LogP contribution in [0.1, 0.15) is 93.4 Å². The zero-order valence-corrected chi connectivity index (χ0v) is 14.7. The van der Waals surface area contributed by atoms with Crippen molar-refractivity contribution >= 4 is 0 Å². The summed E-state index contributed by atoms with van der Waals surface area (Å²) in [6.07, 6.45) is 10.1. The summed E-state index contributed by atoms with van der Waals surface area (Å²) in [7, 11) is 0. The summed E-state index contributed by atoms with van der Waals surface area (Å²) in [5, 5.41) is 0. The number of hydrogen-bond donors (Lipinski definition) is 0. The van der Waals surface area contributed by atoms with Crippen molar-refractivity contribution in [3.8, 4) is 0 Å². The molecule has 1 rings (SSSR count). The molecule has 0 bridgehead atoms. The first-order valence-electron chi connectivity index (χ1n) is 8.65. The van der Waals surface area contributed by atoms with E-state index < -0.39 is 0 Å². The normalized spacial score (nSPS) is 29.2. The second kappa shape index (κ2) is 6.64. The largest absolute Gasteiger partial charge is 0.0654 e. The predicted molar refractivity (Wildman–Crippen MR) is 87.4 cm³/mol. The molecule has 0 heterocycles. The van der Waals surface area contributed by atoms with E-state index in [1.165, 1.54) is 44.9 Å². The van der Waals surface area contributed by atoms with Crippen molar-refractivity contribution in [2.45, 2.75) is 93.4 Å². The Kier molecular flexibility index (Phi) is 5.96. The van der Waals surface area contributed by atoms with Crippen LogP contribution in [0.5, 0.6) is 0 Å². The Labute approximate surface area is 122 Å². The van der Waals surface area contributed by atoms with Gasteiger partial charge in [0.2, 0.25) is 0 Å². The average molecular weight is 267 g/mol.